The zero-order valence-electron chi connectivity index (χ0n) is 19.5. The number of hydrogen-bond donors (Lipinski definition) is 2. The lowest BCUT2D eigenvalue weighted by Gasteiger charge is -2.39. The molecule has 0 spiro atoms. The van der Waals surface area contributed by atoms with Gasteiger partial charge in [-0.3, -0.25) is 0 Å². The number of nitrogens with zero attached hydrogens (tertiary/aromatic N) is 4. The van der Waals surface area contributed by atoms with Crippen molar-refractivity contribution in [2.24, 2.45) is 0 Å². The zero-order valence-corrected chi connectivity index (χ0v) is 20.3. The first-order chi connectivity index (χ1) is 15.8. The maximum atomic E-state index is 10.1. The molecule has 2 fully saturated rings. The summed E-state index contributed by atoms with van der Waals surface area (Å²) in [6.07, 6.45) is 4.49. The van der Waals surface area contributed by atoms with E-state index >= 15 is 0 Å². The number of anilines is 1. The van der Waals surface area contributed by atoms with Crippen LogP contribution in [-0.4, -0.2) is 44.9 Å². The van der Waals surface area contributed by atoms with Crippen LogP contribution in [0.25, 0.3) is 22.6 Å². The highest BCUT2D eigenvalue weighted by Crippen LogP contribution is 2.41. The molecule has 0 amide bonds. The Labute approximate surface area is 199 Å². The molecular weight excluding hydrogens is 438 g/mol. The van der Waals surface area contributed by atoms with E-state index < -0.39 is 0 Å². The fourth-order valence-electron chi connectivity index (χ4n) is 4.98. The van der Waals surface area contributed by atoms with Crippen molar-refractivity contribution < 1.29 is 9.63 Å². The Bertz CT molecular complexity index is 1170. The minimum Gasteiger partial charge on any atom is -0.508 e. The molecule has 1 aromatic carbocycles. The van der Waals surface area contributed by atoms with Crippen LogP contribution in [0.4, 0.5) is 5.82 Å². The largest absolute Gasteiger partial charge is 0.508 e. The van der Waals surface area contributed by atoms with E-state index in [0.717, 1.165) is 53.5 Å². The average Bonchev–Trinajstić information content (AvgIpc) is 3.56. The summed E-state index contributed by atoms with van der Waals surface area (Å²) in [4.78, 5) is 12.6. The molecule has 5 rings (SSSR count). The molecule has 2 aromatic heterocycles. The number of aromatic nitrogens is 3. The minimum absolute atomic E-state index is 0.130. The third-order valence-electron chi connectivity index (χ3n) is 6.76. The lowest BCUT2D eigenvalue weighted by molar-refractivity contribution is 0.360. The topological polar surface area (TPSA) is 87.3 Å². The number of benzene rings is 1. The molecule has 2 atom stereocenters. The first kappa shape index (κ1) is 22.2. The Hall–Kier alpha value is -2.64. The summed E-state index contributed by atoms with van der Waals surface area (Å²) in [5.41, 5.74) is 4.12. The van der Waals surface area contributed by atoms with Crippen LogP contribution in [0.1, 0.15) is 49.6 Å². The molecule has 174 valence electrons. The van der Waals surface area contributed by atoms with Gasteiger partial charge in [0.1, 0.15) is 17.3 Å². The molecule has 1 aliphatic heterocycles. The number of aryl methyl sites for hydroxylation is 2. The van der Waals surface area contributed by atoms with Crippen molar-refractivity contribution in [3.8, 4) is 28.4 Å². The third-order valence-corrected chi connectivity index (χ3v) is 7.08. The summed E-state index contributed by atoms with van der Waals surface area (Å²) in [6.45, 7) is 9.18. The van der Waals surface area contributed by atoms with Gasteiger partial charge in [0.15, 0.2) is 5.82 Å². The molecule has 8 heteroatoms. The number of phenolic OH excluding ortho intramolecular Hbond substituents is 1. The van der Waals surface area contributed by atoms with Gasteiger partial charge in [0.2, 0.25) is 0 Å². The van der Waals surface area contributed by atoms with Crippen molar-refractivity contribution in [2.45, 2.75) is 71.5 Å². The van der Waals surface area contributed by atoms with Gasteiger partial charge in [0.25, 0.3) is 0 Å². The summed E-state index contributed by atoms with van der Waals surface area (Å²) in [5.74, 6) is 2.29. The lowest BCUT2D eigenvalue weighted by atomic mass is 9.97. The van der Waals surface area contributed by atoms with Crippen molar-refractivity contribution in [2.75, 3.05) is 11.4 Å². The first-order valence-corrected chi connectivity index (χ1v) is 12.0. The molecule has 3 heterocycles. The molecule has 3 aromatic rings. The third kappa shape index (κ3) is 4.20. The number of piperidine rings is 1. The first-order valence-electron chi connectivity index (χ1n) is 11.7. The zero-order chi connectivity index (χ0) is 23.3. The van der Waals surface area contributed by atoms with Crippen molar-refractivity contribution in [3.05, 3.63) is 40.2 Å². The molecule has 0 radical (unpaired) electrons. The molecular formula is C25H30ClN5O2. The monoisotopic (exact) mass is 467 g/mol. The van der Waals surface area contributed by atoms with Gasteiger partial charge in [-0.05, 0) is 78.1 Å². The quantitative estimate of drug-likeness (QED) is 0.533. The van der Waals surface area contributed by atoms with Crippen LogP contribution < -0.4 is 10.2 Å². The van der Waals surface area contributed by atoms with E-state index in [1.165, 1.54) is 12.8 Å². The van der Waals surface area contributed by atoms with Gasteiger partial charge in [0, 0.05) is 29.3 Å². The lowest BCUT2D eigenvalue weighted by Crippen LogP contribution is -2.48. The van der Waals surface area contributed by atoms with Crippen LogP contribution in [0.2, 0.25) is 5.02 Å². The average molecular weight is 468 g/mol. The number of phenols is 1. The van der Waals surface area contributed by atoms with Crippen LogP contribution in [0.3, 0.4) is 0 Å². The van der Waals surface area contributed by atoms with E-state index in [1.54, 1.807) is 18.2 Å². The highest BCUT2D eigenvalue weighted by Gasteiger charge is 2.38. The SMILES string of the molecule is Cc1noc(C)c1-c1nc(-c2cc(O)ccc2Cl)nc(N(C2CC2)C2CCNC(C)C2)c1C. The van der Waals surface area contributed by atoms with Crippen LogP contribution in [0, 0.1) is 20.8 Å². The molecule has 7 nitrogen and oxygen atoms in total. The Morgan fingerprint density at radius 2 is 1.91 bits per heavy atom. The van der Waals surface area contributed by atoms with E-state index in [1.807, 2.05) is 13.8 Å². The van der Waals surface area contributed by atoms with E-state index in [2.05, 4.69) is 29.2 Å². The smallest absolute Gasteiger partial charge is 0.163 e. The van der Waals surface area contributed by atoms with Gasteiger partial charge in [-0.25, -0.2) is 9.97 Å². The Balaban J connectivity index is 1.73. The molecule has 2 aliphatic rings. The van der Waals surface area contributed by atoms with Gasteiger partial charge >= 0.3 is 0 Å². The summed E-state index contributed by atoms with van der Waals surface area (Å²) in [5, 5.41) is 18.4. The summed E-state index contributed by atoms with van der Waals surface area (Å²) in [7, 11) is 0. The van der Waals surface area contributed by atoms with Crippen molar-refractivity contribution >= 4 is 17.4 Å². The summed E-state index contributed by atoms with van der Waals surface area (Å²) < 4.78 is 5.49. The van der Waals surface area contributed by atoms with Gasteiger partial charge in [-0.15, -0.1) is 0 Å². The Kier molecular flexibility index (Phi) is 5.79. The Morgan fingerprint density at radius 1 is 1.12 bits per heavy atom. The second-order valence-corrected chi connectivity index (χ2v) is 9.79. The molecule has 0 bridgehead atoms. The molecule has 1 aliphatic carbocycles. The van der Waals surface area contributed by atoms with Crippen molar-refractivity contribution in [1.82, 2.24) is 20.4 Å². The molecule has 2 unspecified atom stereocenters. The van der Waals surface area contributed by atoms with E-state index in [-0.39, 0.29) is 5.75 Å². The fourth-order valence-corrected chi connectivity index (χ4v) is 5.18. The highest BCUT2D eigenvalue weighted by atomic mass is 35.5. The fraction of sp³-hybridized carbons (Fsp3) is 0.480. The maximum absolute atomic E-state index is 10.1. The molecule has 2 N–H and O–H groups in total. The van der Waals surface area contributed by atoms with Crippen LogP contribution in [0.15, 0.2) is 22.7 Å². The van der Waals surface area contributed by atoms with Crippen LogP contribution in [-0.2, 0) is 0 Å². The molecule has 1 saturated heterocycles. The van der Waals surface area contributed by atoms with E-state index in [0.29, 0.717) is 34.5 Å². The molecule has 33 heavy (non-hydrogen) atoms. The van der Waals surface area contributed by atoms with Crippen LogP contribution in [0.5, 0.6) is 5.75 Å². The van der Waals surface area contributed by atoms with Gasteiger partial charge in [0.05, 0.1) is 22.0 Å². The van der Waals surface area contributed by atoms with Crippen molar-refractivity contribution in [1.29, 1.82) is 0 Å². The normalized spacial score (nSPS) is 20.8. The van der Waals surface area contributed by atoms with E-state index in [9.17, 15) is 5.11 Å². The van der Waals surface area contributed by atoms with Crippen LogP contribution >= 0.6 is 11.6 Å². The Morgan fingerprint density at radius 3 is 2.58 bits per heavy atom. The number of aromatic hydroxyl groups is 1. The standard InChI is InChI=1S/C25H30ClN5O2/c1-13-11-18(9-10-27-13)31(17-5-6-17)25-14(2)23(22-15(3)30-33-16(22)4)28-24(29-25)20-12-19(32)7-8-21(20)26/h7-8,12-13,17-18,27,32H,5-6,9-11H2,1-4H3. The second-order valence-electron chi connectivity index (χ2n) is 9.38. The van der Waals surface area contributed by atoms with Gasteiger partial charge in [-0.2, -0.15) is 0 Å². The van der Waals surface area contributed by atoms with Gasteiger partial charge in [-0.1, -0.05) is 16.8 Å². The number of rotatable bonds is 5. The highest BCUT2D eigenvalue weighted by molar-refractivity contribution is 6.33. The number of nitrogens with one attached hydrogen (secondary N) is 1. The minimum atomic E-state index is 0.130. The van der Waals surface area contributed by atoms with E-state index in [4.69, 9.17) is 26.1 Å². The number of hydrogen-bond acceptors (Lipinski definition) is 7. The maximum Gasteiger partial charge on any atom is 0.163 e. The van der Waals surface area contributed by atoms with Gasteiger partial charge < -0.3 is 19.8 Å². The summed E-state index contributed by atoms with van der Waals surface area (Å²) >= 11 is 6.54. The predicted molar refractivity (Wildman–Crippen MR) is 130 cm³/mol. The second kappa shape index (κ2) is 8.61. The van der Waals surface area contributed by atoms with Crippen molar-refractivity contribution in [3.63, 3.8) is 0 Å². The molecule has 1 saturated carbocycles. The summed E-state index contributed by atoms with van der Waals surface area (Å²) in [6, 6.07) is 6.24. The predicted octanol–water partition coefficient (Wildman–Crippen LogP) is 5.19. The number of halogens is 1.